The van der Waals surface area contributed by atoms with Crippen LogP contribution in [0.2, 0.25) is 0 Å². The minimum absolute atomic E-state index is 0.243. The van der Waals surface area contributed by atoms with Gasteiger partial charge in [0.05, 0.1) is 7.11 Å². The van der Waals surface area contributed by atoms with Crippen LogP contribution in [0.1, 0.15) is 43.0 Å². The molecule has 1 atom stereocenters. The lowest BCUT2D eigenvalue weighted by molar-refractivity contribution is -0.143. The highest BCUT2D eigenvalue weighted by atomic mass is 16.5. The van der Waals surface area contributed by atoms with Crippen molar-refractivity contribution in [2.75, 3.05) is 7.11 Å². The number of esters is 1. The van der Waals surface area contributed by atoms with Crippen LogP contribution in [0.3, 0.4) is 0 Å². The van der Waals surface area contributed by atoms with Crippen molar-refractivity contribution < 1.29 is 14.3 Å². The van der Waals surface area contributed by atoms with Crippen LogP contribution in [0.5, 0.6) is 0 Å². The number of rotatable bonds is 7. The van der Waals surface area contributed by atoms with E-state index in [0.29, 0.717) is 12.0 Å². The topological polar surface area (TPSA) is 55.4 Å². The molecule has 1 rings (SSSR count). The molecule has 0 saturated carbocycles. The third kappa shape index (κ3) is 5.12. The SMILES string of the molecule is CCCCC[C@H](NC(=O)c1ccccc1)C(=O)OC. The van der Waals surface area contributed by atoms with Crippen molar-refractivity contribution in [3.8, 4) is 0 Å². The molecule has 0 aliphatic rings. The van der Waals surface area contributed by atoms with Crippen molar-refractivity contribution in [3.63, 3.8) is 0 Å². The van der Waals surface area contributed by atoms with Gasteiger partial charge < -0.3 is 10.1 Å². The molecule has 0 aromatic heterocycles. The van der Waals surface area contributed by atoms with E-state index >= 15 is 0 Å². The molecule has 1 N–H and O–H groups in total. The average molecular weight is 263 g/mol. The average Bonchev–Trinajstić information content (AvgIpc) is 2.46. The molecule has 0 unspecified atom stereocenters. The van der Waals surface area contributed by atoms with Crippen LogP contribution in [-0.2, 0) is 9.53 Å². The number of benzene rings is 1. The van der Waals surface area contributed by atoms with Crippen molar-refractivity contribution in [2.45, 2.75) is 38.6 Å². The van der Waals surface area contributed by atoms with Crippen LogP contribution in [-0.4, -0.2) is 25.0 Å². The van der Waals surface area contributed by atoms with Crippen LogP contribution in [0.25, 0.3) is 0 Å². The summed E-state index contributed by atoms with van der Waals surface area (Å²) in [5.74, 6) is -0.632. The van der Waals surface area contributed by atoms with Gasteiger partial charge in [-0.05, 0) is 18.6 Å². The quantitative estimate of drug-likeness (QED) is 0.607. The molecule has 0 fully saturated rings. The van der Waals surface area contributed by atoms with Gasteiger partial charge in [-0.2, -0.15) is 0 Å². The Balaban J connectivity index is 2.61. The van der Waals surface area contributed by atoms with Crippen molar-refractivity contribution >= 4 is 11.9 Å². The second kappa shape index (κ2) is 8.29. The lowest BCUT2D eigenvalue weighted by atomic mass is 10.1. The molecule has 104 valence electrons. The Kier molecular flexibility index (Phi) is 6.64. The molecule has 0 spiro atoms. The normalized spacial score (nSPS) is 11.7. The first-order valence-electron chi connectivity index (χ1n) is 6.62. The summed E-state index contributed by atoms with van der Waals surface area (Å²) >= 11 is 0. The standard InChI is InChI=1S/C15H21NO3/c1-3-4-6-11-13(15(18)19-2)16-14(17)12-9-7-5-8-10-12/h5,7-10,13H,3-4,6,11H2,1-2H3,(H,16,17)/t13-/m0/s1. The molecular formula is C15H21NO3. The van der Waals surface area contributed by atoms with Crippen molar-refractivity contribution in [2.24, 2.45) is 0 Å². The summed E-state index contributed by atoms with van der Waals surface area (Å²) in [6.07, 6.45) is 3.61. The van der Waals surface area contributed by atoms with Gasteiger partial charge in [-0.3, -0.25) is 4.79 Å². The number of carbonyl (C=O) groups excluding carboxylic acids is 2. The second-order valence-electron chi connectivity index (χ2n) is 4.41. The maximum atomic E-state index is 12.0. The van der Waals surface area contributed by atoms with E-state index in [2.05, 4.69) is 12.2 Å². The largest absolute Gasteiger partial charge is 0.467 e. The Morgan fingerprint density at radius 2 is 1.89 bits per heavy atom. The molecule has 19 heavy (non-hydrogen) atoms. The van der Waals surface area contributed by atoms with E-state index < -0.39 is 6.04 Å². The van der Waals surface area contributed by atoms with Gasteiger partial charge in [0.25, 0.3) is 5.91 Å². The first-order valence-corrected chi connectivity index (χ1v) is 6.62. The Morgan fingerprint density at radius 3 is 2.47 bits per heavy atom. The van der Waals surface area contributed by atoms with Gasteiger partial charge in [0.2, 0.25) is 0 Å². The van der Waals surface area contributed by atoms with Crippen LogP contribution in [0.15, 0.2) is 30.3 Å². The molecule has 0 heterocycles. The van der Waals surface area contributed by atoms with Gasteiger partial charge in [0.1, 0.15) is 6.04 Å². The van der Waals surface area contributed by atoms with Crippen LogP contribution in [0, 0.1) is 0 Å². The highest BCUT2D eigenvalue weighted by Gasteiger charge is 2.21. The first-order chi connectivity index (χ1) is 9.19. The molecule has 1 aromatic carbocycles. The Morgan fingerprint density at radius 1 is 1.21 bits per heavy atom. The summed E-state index contributed by atoms with van der Waals surface area (Å²) in [6.45, 7) is 2.09. The summed E-state index contributed by atoms with van der Waals surface area (Å²) in [4.78, 5) is 23.6. The molecule has 0 bridgehead atoms. The van der Waals surface area contributed by atoms with Crippen molar-refractivity contribution in [1.82, 2.24) is 5.32 Å². The molecule has 0 saturated heterocycles. The first kappa shape index (κ1) is 15.2. The van der Waals surface area contributed by atoms with Gasteiger partial charge in [-0.1, -0.05) is 44.4 Å². The Bertz CT molecular complexity index is 403. The van der Waals surface area contributed by atoms with Crippen LogP contribution in [0.4, 0.5) is 0 Å². The lowest BCUT2D eigenvalue weighted by Gasteiger charge is -2.16. The van der Waals surface area contributed by atoms with E-state index in [4.69, 9.17) is 4.74 Å². The van der Waals surface area contributed by atoms with Gasteiger partial charge >= 0.3 is 5.97 Å². The maximum Gasteiger partial charge on any atom is 0.328 e. The number of hydrogen-bond acceptors (Lipinski definition) is 3. The molecule has 4 heteroatoms. The van der Waals surface area contributed by atoms with E-state index in [1.165, 1.54) is 7.11 Å². The smallest absolute Gasteiger partial charge is 0.328 e. The minimum atomic E-state index is -0.566. The van der Waals surface area contributed by atoms with Gasteiger partial charge in [-0.25, -0.2) is 4.79 Å². The molecule has 4 nitrogen and oxygen atoms in total. The van der Waals surface area contributed by atoms with Crippen molar-refractivity contribution in [3.05, 3.63) is 35.9 Å². The zero-order valence-corrected chi connectivity index (χ0v) is 11.5. The van der Waals surface area contributed by atoms with Gasteiger partial charge in [0.15, 0.2) is 0 Å². The van der Waals surface area contributed by atoms with E-state index in [0.717, 1.165) is 19.3 Å². The number of carbonyl (C=O) groups is 2. The molecule has 0 aliphatic carbocycles. The summed E-state index contributed by atoms with van der Waals surface area (Å²) < 4.78 is 4.73. The highest BCUT2D eigenvalue weighted by molar-refractivity contribution is 5.96. The number of amides is 1. The van der Waals surface area contributed by atoms with E-state index in [1.54, 1.807) is 24.3 Å². The fourth-order valence-electron chi connectivity index (χ4n) is 1.82. The summed E-state index contributed by atoms with van der Waals surface area (Å²) in [7, 11) is 1.34. The fraction of sp³-hybridized carbons (Fsp3) is 0.467. The number of ether oxygens (including phenoxy) is 1. The van der Waals surface area contributed by atoms with Crippen LogP contribution < -0.4 is 5.32 Å². The Hall–Kier alpha value is -1.84. The maximum absolute atomic E-state index is 12.0. The van der Waals surface area contributed by atoms with Gasteiger partial charge in [0, 0.05) is 5.56 Å². The third-order valence-corrected chi connectivity index (χ3v) is 2.92. The summed E-state index contributed by atoms with van der Waals surface area (Å²) in [5.41, 5.74) is 0.548. The number of methoxy groups -OCH3 is 1. The van der Waals surface area contributed by atoms with E-state index in [9.17, 15) is 9.59 Å². The van der Waals surface area contributed by atoms with E-state index in [1.807, 2.05) is 6.07 Å². The monoisotopic (exact) mass is 263 g/mol. The third-order valence-electron chi connectivity index (χ3n) is 2.92. The number of nitrogens with one attached hydrogen (secondary N) is 1. The number of hydrogen-bond donors (Lipinski definition) is 1. The van der Waals surface area contributed by atoms with E-state index in [-0.39, 0.29) is 11.9 Å². The summed E-state index contributed by atoms with van der Waals surface area (Å²) in [5, 5.41) is 2.73. The second-order valence-corrected chi connectivity index (χ2v) is 4.41. The Labute approximate surface area is 114 Å². The zero-order valence-electron chi connectivity index (χ0n) is 11.5. The lowest BCUT2D eigenvalue weighted by Crippen LogP contribution is -2.41. The molecule has 1 amide bonds. The van der Waals surface area contributed by atoms with Gasteiger partial charge in [-0.15, -0.1) is 0 Å². The van der Waals surface area contributed by atoms with Crippen LogP contribution >= 0.6 is 0 Å². The molecule has 1 aromatic rings. The zero-order chi connectivity index (χ0) is 14.1. The highest BCUT2D eigenvalue weighted by Crippen LogP contribution is 2.07. The molecule has 0 aliphatic heterocycles. The predicted molar refractivity (Wildman–Crippen MR) is 73.9 cm³/mol. The predicted octanol–water partition coefficient (Wildman–Crippen LogP) is 2.54. The molecular weight excluding hydrogens is 242 g/mol. The van der Waals surface area contributed by atoms with Crippen molar-refractivity contribution in [1.29, 1.82) is 0 Å². The number of unbranched alkanes of at least 4 members (excludes halogenated alkanes) is 2. The molecule has 0 radical (unpaired) electrons. The fourth-order valence-corrected chi connectivity index (χ4v) is 1.82. The summed E-state index contributed by atoms with van der Waals surface area (Å²) in [6, 6.07) is 8.30. The minimum Gasteiger partial charge on any atom is -0.467 e.